The molecule has 98 valence electrons. The van der Waals surface area contributed by atoms with Crippen LogP contribution in [-0.2, 0) is 11.3 Å². The second-order valence-electron chi connectivity index (χ2n) is 3.79. The van der Waals surface area contributed by atoms with Crippen LogP contribution in [0.2, 0.25) is 0 Å². The van der Waals surface area contributed by atoms with Gasteiger partial charge in [-0.05, 0) is 5.53 Å². The van der Waals surface area contributed by atoms with Crippen LogP contribution < -0.4 is 0 Å². The summed E-state index contributed by atoms with van der Waals surface area (Å²) in [5.74, 6) is 0. The minimum Gasteiger partial charge on any atom is -0.394 e. The molecule has 0 unspecified atom stereocenters. The standard InChI is InChI=1S/C8H12N6O4/c9-12-10-1-4-2-11-13-14(4)8-7(17)6(16)5(3-15)18-8/h2,5-8,15-17H,1,3H2/t5-,6-,7-,8-/m1/s1. The molecule has 0 saturated carbocycles. The number of rotatable bonds is 4. The van der Waals surface area contributed by atoms with Gasteiger partial charge < -0.3 is 20.1 Å². The smallest absolute Gasteiger partial charge is 0.181 e. The van der Waals surface area contributed by atoms with Crippen molar-refractivity contribution in [3.63, 3.8) is 0 Å². The molecule has 0 radical (unpaired) electrons. The van der Waals surface area contributed by atoms with E-state index in [0.29, 0.717) is 5.69 Å². The monoisotopic (exact) mass is 256 g/mol. The van der Waals surface area contributed by atoms with Gasteiger partial charge in [0.05, 0.1) is 25.0 Å². The summed E-state index contributed by atoms with van der Waals surface area (Å²) in [7, 11) is 0. The third-order valence-corrected chi connectivity index (χ3v) is 2.70. The van der Waals surface area contributed by atoms with Crippen molar-refractivity contribution < 1.29 is 20.1 Å². The van der Waals surface area contributed by atoms with E-state index in [1.807, 2.05) is 0 Å². The van der Waals surface area contributed by atoms with E-state index in [-0.39, 0.29) is 6.54 Å². The summed E-state index contributed by atoms with van der Waals surface area (Å²) in [6.07, 6.45) is -2.95. The first-order valence-electron chi connectivity index (χ1n) is 5.21. The Bertz CT molecular complexity index is 458. The number of ether oxygens (including phenoxy) is 1. The van der Waals surface area contributed by atoms with E-state index in [1.54, 1.807) is 0 Å². The maximum atomic E-state index is 9.80. The van der Waals surface area contributed by atoms with Crippen LogP contribution in [0.4, 0.5) is 0 Å². The second-order valence-corrected chi connectivity index (χ2v) is 3.79. The Morgan fingerprint density at radius 3 is 2.89 bits per heavy atom. The SMILES string of the molecule is [N-]=[N+]=NCc1cnnn1[C@@H]1O[C@H](CO)[C@@H](O)[C@H]1O. The number of aliphatic hydroxyl groups is 3. The summed E-state index contributed by atoms with van der Waals surface area (Å²) in [6.45, 7) is -0.426. The molecule has 4 atom stereocenters. The number of aromatic nitrogens is 3. The highest BCUT2D eigenvalue weighted by Crippen LogP contribution is 2.29. The molecule has 0 aromatic carbocycles. The van der Waals surface area contributed by atoms with Gasteiger partial charge in [-0.1, -0.05) is 10.3 Å². The molecule has 1 aromatic rings. The summed E-state index contributed by atoms with van der Waals surface area (Å²) in [6, 6.07) is 0. The van der Waals surface area contributed by atoms with Crippen molar-refractivity contribution in [1.29, 1.82) is 0 Å². The van der Waals surface area contributed by atoms with Crippen molar-refractivity contribution in [2.75, 3.05) is 6.61 Å². The average Bonchev–Trinajstić information content (AvgIpc) is 2.94. The van der Waals surface area contributed by atoms with Crippen molar-refractivity contribution >= 4 is 0 Å². The maximum absolute atomic E-state index is 9.80. The zero-order valence-electron chi connectivity index (χ0n) is 9.23. The molecule has 10 nitrogen and oxygen atoms in total. The van der Waals surface area contributed by atoms with Crippen molar-refractivity contribution in [2.24, 2.45) is 5.11 Å². The fourth-order valence-corrected chi connectivity index (χ4v) is 1.78. The van der Waals surface area contributed by atoms with Gasteiger partial charge in [-0.25, -0.2) is 4.68 Å². The van der Waals surface area contributed by atoms with E-state index in [2.05, 4.69) is 20.3 Å². The predicted octanol–water partition coefficient (Wildman–Crippen LogP) is -1.30. The fraction of sp³-hybridized carbons (Fsp3) is 0.750. The molecule has 10 heteroatoms. The van der Waals surface area contributed by atoms with Crippen molar-refractivity contribution in [1.82, 2.24) is 15.0 Å². The van der Waals surface area contributed by atoms with Crippen LogP contribution in [0, 0.1) is 0 Å². The van der Waals surface area contributed by atoms with Gasteiger partial charge in [0.15, 0.2) is 6.23 Å². The third-order valence-electron chi connectivity index (χ3n) is 2.70. The molecule has 1 aromatic heterocycles. The van der Waals surface area contributed by atoms with Gasteiger partial charge >= 0.3 is 0 Å². The molecule has 3 N–H and O–H groups in total. The van der Waals surface area contributed by atoms with Gasteiger partial charge in [-0.2, -0.15) is 0 Å². The Hall–Kier alpha value is -1.71. The summed E-state index contributed by atoms with van der Waals surface area (Å²) >= 11 is 0. The highest BCUT2D eigenvalue weighted by Gasteiger charge is 2.44. The lowest BCUT2D eigenvalue weighted by molar-refractivity contribution is -0.0606. The molecule has 1 aliphatic rings. The van der Waals surface area contributed by atoms with Crippen LogP contribution in [0.25, 0.3) is 10.4 Å². The third kappa shape index (κ3) is 2.15. The number of azide groups is 1. The van der Waals surface area contributed by atoms with Gasteiger partial charge in [0.1, 0.15) is 18.3 Å². The van der Waals surface area contributed by atoms with Crippen molar-refractivity contribution in [2.45, 2.75) is 31.1 Å². The number of nitrogens with zero attached hydrogens (tertiary/aromatic N) is 6. The van der Waals surface area contributed by atoms with E-state index in [1.165, 1.54) is 10.9 Å². The molecule has 2 rings (SSSR count). The van der Waals surface area contributed by atoms with E-state index < -0.39 is 31.1 Å². The Morgan fingerprint density at radius 2 is 2.28 bits per heavy atom. The number of hydrogen-bond acceptors (Lipinski definition) is 7. The van der Waals surface area contributed by atoms with Crippen LogP contribution in [-0.4, -0.2) is 55.2 Å². The molecule has 1 fully saturated rings. The van der Waals surface area contributed by atoms with Crippen LogP contribution in [0.5, 0.6) is 0 Å². The molecule has 2 heterocycles. The predicted molar refractivity (Wildman–Crippen MR) is 55.9 cm³/mol. The highest BCUT2D eigenvalue weighted by atomic mass is 16.6. The lowest BCUT2D eigenvalue weighted by Crippen LogP contribution is -2.33. The molecule has 0 aliphatic carbocycles. The van der Waals surface area contributed by atoms with Crippen LogP contribution in [0.1, 0.15) is 11.9 Å². The van der Waals surface area contributed by atoms with Gasteiger partial charge in [0.2, 0.25) is 0 Å². The lowest BCUT2D eigenvalue weighted by Gasteiger charge is -2.16. The summed E-state index contributed by atoms with van der Waals surface area (Å²) in [5.41, 5.74) is 8.68. The first-order valence-corrected chi connectivity index (χ1v) is 5.21. The Balaban J connectivity index is 2.21. The van der Waals surface area contributed by atoms with Crippen molar-refractivity contribution in [3.8, 4) is 0 Å². The molecule has 0 bridgehead atoms. The molecule has 18 heavy (non-hydrogen) atoms. The second kappa shape index (κ2) is 5.29. The zero-order chi connectivity index (χ0) is 13.1. The first-order chi connectivity index (χ1) is 8.69. The lowest BCUT2D eigenvalue weighted by atomic mass is 10.1. The van der Waals surface area contributed by atoms with E-state index in [4.69, 9.17) is 15.4 Å². The van der Waals surface area contributed by atoms with E-state index in [9.17, 15) is 10.2 Å². The van der Waals surface area contributed by atoms with Gasteiger partial charge in [-0.15, -0.1) is 5.10 Å². The van der Waals surface area contributed by atoms with Gasteiger partial charge in [0, 0.05) is 4.91 Å². The Kier molecular flexibility index (Phi) is 3.75. The largest absolute Gasteiger partial charge is 0.394 e. The highest BCUT2D eigenvalue weighted by molar-refractivity contribution is 4.98. The van der Waals surface area contributed by atoms with Crippen LogP contribution in [0.15, 0.2) is 11.3 Å². The minimum atomic E-state index is -1.24. The van der Waals surface area contributed by atoms with Gasteiger partial charge in [0.25, 0.3) is 0 Å². The summed E-state index contributed by atoms with van der Waals surface area (Å²) < 4.78 is 6.50. The fourth-order valence-electron chi connectivity index (χ4n) is 1.78. The maximum Gasteiger partial charge on any atom is 0.181 e. The van der Waals surface area contributed by atoms with Gasteiger partial charge in [-0.3, -0.25) is 0 Å². The van der Waals surface area contributed by atoms with E-state index in [0.717, 1.165) is 0 Å². The molecule has 1 aliphatic heterocycles. The van der Waals surface area contributed by atoms with Crippen LogP contribution >= 0.6 is 0 Å². The average molecular weight is 256 g/mol. The Morgan fingerprint density at radius 1 is 1.50 bits per heavy atom. The number of aliphatic hydroxyl groups excluding tert-OH is 3. The molecule has 1 saturated heterocycles. The van der Waals surface area contributed by atoms with Crippen molar-refractivity contribution in [3.05, 3.63) is 22.3 Å². The minimum absolute atomic E-state index is 0.00400. The molecule has 0 amide bonds. The van der Waals surface area contributed by atoms with Crippen LogP contribution in [0.3, 0.4) is 0 Å². The Labute approximate surface area is 101 Å². The number of hydrogen-bond donors (Lipinski definition) is 3. The topological polar surface area (TPSA) is 149 Å². The summed E-state index contributed by atoms with van der Waals surface area (Å²) in [4.78, 5) is 2.61. The summed E-state index contributed by atoms with van der Waals surface area (Å²) in [5, 5.41) is 39.1. The molecular formula is C8H12N6O4. The first kappa shape index (κ1) is 12.7. The zero-order valence-corrected chi connectivity index (χ0v) is 9.23. The normalized spacial score (nSPS) is 31.3. The molecular weight excluding hydrogens is 244 g/mol. The quantitative estimate of drug-likeness (QED) is 0.346. The van der Waals surface area contributed by atoms with E-state index >= 15 is 0 Å². The molecule has 0 spiro atoms.